The molecule has 1 aliphatic heterocycles. The molecule has 0 bridgehead atoms. The third-order valence-electron chi connectivity index (χ3n) is 2.89. The molecule has 1 unspecified atom stereocenters. The Labute approximate surface area is 99.9 Å². The number of anilines is 1. The SMILES string of the molecule is CCC1CN(c2nc(C)c(CO)s2)CCO1. The van der Waals surface area contributed by atoms with Gasteiger partial charge in [0.05, 0.1) is 29.9 Å². The first-order valence-corrected chi connectivity index (χ1v) is 6.50. The molecular weight excluding hydrogens is 224 g/mol. The highest BCUT2D eigenvalue weighted by Gasteiger charge is 2.22. The first-order chi connectivity index (χ1) is 7.74. The van der Waals surface area contributed by atoms with Crippen molar-refractivity contribution in [2.75, 3.05) is 24.6 Å². The Morgan fingerprint density at radius 3 is 3.06 bits per heavy atom. The molecule has 1 saturated heterocycles. The van der Waals surface area contributed by atoms with Crippen LogP contribution in [0.3, 0.4) is 0 Å². The highest BCUT2D eigenvalue weighted by molar-refractivity contribution is 7.15. The average molecular weight is 242 g/mol. The Hall–Kier alpha value is -0.650. The number of aryl methyl sites for hydroxylation is 1. The molecule has 0 saturated carbocycles. The van der Waals surface area contributed by atoms with Crippen LogP contribution in [-0.4, -0.2) is 35.9 Å². The summed E-state index contributed by atoms with van der Waals surface area (Å²) in [6.45, 7) is 6.75. The Morgan fingerprint density at radius 2 is 2.44 bits per heavy atom. The molecule has 1 atom stereocenters. The molecule has 1 aromatic rings. The zero-order chi connectivity index (χ0) is 11.5. The Bertz CT molecular complexity index is 354. The maximum atomic E-state index is 9.16. The van der Waals surface area contributed by atoms with E-state index in [4.69, 9.17) is 9.84 Å². The molecule has 0 aromatic carbocycles. The molecule has 4 nitrogen and oxygen atoms in total. The van der Waals surface area contributed by atoms with E-state index in [1.807, 2.05) is 6.92 Å². The zero-order valence-electron chi connectivity index (χ0n) is 9.77. The van der Waals surface area contributed by atoms with Gasteiger partial charge in [-0.25, -0.2) is 4.98 Å². The summed E-state index contributed by atoms with van der Waals surface area (Å²) in [5, 5.41) is 10.2. The minimum atomic E-state index is 0.0883. The lowest BCUT2D eigenvalue weighted by molar-refractivity contribution is 0.0384. The number of aliphatic hydroxyl groups is 1. The first-order valence-electron chi connectivity index (χ1n) is 5.68. The smallest absolute Gasteiger partial charge is 0.186 e. The molecule has 1 fully saturated rings. The fraction of sp³-hybridized carbons (Fsp3) is 0.727. The van der Waals surface area contributed by atoms with Gasteiger partial charge < -0.3 is 14.7 Å². The molecule has 0 radical (unpaired) electrons. The van der Waals surface area contributed by atoms with Crippen LogP contribution < -0.4 is 4.90 Å². The van der Waals surface area contributed by atoms with Gasteiger partial charge in [0.25, 0.3) is 0 Å². The molecule has 0 spiro atoms. The van der Waals surface area contributed by atoms with Gasteiger partial charge in [-0.2, -0.15) is 0 Å². The summed E-state index contributed by atoms with van der Waals surface area (Å²) in [7, 11) is 0. The second-order valence-electron chi connectivity index (χ2n) is 4.01. The van der Waals surface area contributed by atoms with Gasteiger partial charge in [-0.15, -0.1) is 0 Å². The summed E-state index contributed by atoms with van der Waals surface area (Å²) >= 11 is 1.59. The normalized spacial score (nSPS) is 21.4. The number of hydrogen-bond acceptors (Lipinski definition) is 5. The van der Waals surface area contributed by atoms with Crippen molar-refractivity contribution in [1.82, 2.24) is 4.98 Å². The molecule has 1 aromatic heterocycles. The molecule has 1 N–H and O–H groups in total. The average Bonchev–Trinajstić information content (AvgIpc) is 2.71. The number of thiazole rings is 1. The number of nitrogens with zero attached hydrogens (tertiary/aromatic N) is 2. The van der Waals surface area contributed by atoms with Gasteiger partial charge in [0.15, 0.2) is 5.13 Å². The lowest BCUT2D eigenvalue weighted by Crippen LogP contribution is -2.42. The molecule has 5 heteroatoms. The van der Waals surface area contributed by atoms with Crippen molar-refractivity contribution in [3.63, 3.8) is 0 Å². The number of aromatic nitrogens is 1. The molecular formula is C11H18N2O2S. The van der Waals surface area contributed by atoms with Crippen molar-refractivity contribution in [1.29, 1.82) is 0 Å². The molecule has 0 aliphatic carbocycles. The van der Waals surface area contributed by atoms with Crippen LogP contribution in [-0.2, 0) is 11.3 Å². The van der Waals surface area contributed by atoms with Crippen LogP contribution in [0.2, 0.25) is 0 Å². The summed E-state index contributed by atoms with van der Waals surface area (Å²) in [5.41, 5.74) is 0.946. The Morgan fingerprint density at radius 1 is 1.62 bits per heavy atom. The predicted octanol–water partition coefficient (Wildman–Crippen LogP) is 1.56. The maximum Gasteiger partial charge on any atom is 0.186 e. The van der Waals surface area contributed by atoms with Gasteiger partial charge in [0.1, 0.15) is 0 Å². The van der Waals surface area contributed by atoms with Gasteiger partial charge in [-0.3, -0.25) is 0 Å². The third-order valence-corrected chi connectivity index (χ3v) is 4.09. The van der Waals surface area contributed by atoms with Crippen LogP contribution in [0.25, 0.3) is 0 Å². The van der Waals surface area contributed by atoms with Crippen LogP contribution >= 0.6 is 11.3 Å². The van der Waals surface area contributed by atoms with E-state index >= 15 is 0 Å². The Balaban J connectivity index is 2.10. The third kappa shape index (κ3) is 2.36. The van der Waals surface area contributed by atoms with Crippen molar-refractivity contribution >= 4 is 16.5 Å². The predicted molar refractivity (Wildman–Crippen MR) is 65.0 cm³/mol. The minimum Gasteiger partial charge on any atom is -0.391 e. The number of hydrogen-bond donors (Lipinski definition) is 1. The monoisotopic (exact) mass is 242 g/mol. The number of morpholine rings is 1. The van der Waals surface area contributed by atoms with Crippen molar-refractivity contribution in [3.8, 4) is 0 Å². The summed E-state index contributed by atoms with van der Waals surface area (Å²) < 4.78 is 5.63. The van der Waals surface area contributed by atoms with E-state index in [9.17, 15) is 0 Å². The van der Waals surface area contributed by atoms with E-state index in [0.29, 0.717) is 6.10 Å². The molecule has 90 valence electrons. The summed E-state index contributed by atoms with van der Waals surface area (Å²) in [6, 6.07) is 0. The van der Waals surface area contributed by atoms with Crippen molar-refractivity contribution < 1.29 is 9.84 Å². The highest BCUT2D eigenvalue weighted by Crippen LogP contribution is 2.27. The van der Waals surface area contributed by atoms with E-state index in [1.54, 1.807) is 11.3 Å². The standard InChI is InChI=1S/C11H18N2O2S/c1-3-9-6-13(4-5-15-9)11-12-8(2)10(7-14)16-11/h9,14H,3-7H2,1-2H3. The van der Waals surface area contributed by atoms with Crippen molar-refractivity contribution in [2.24, 2.45) is 0 Å². The molecule has 16 heavy (non-hydrogen) atoms. The fourth-order valence-corrected chi connectivity index (χ4v) is 2.79. The zero-order valence-corrected chi connectivity index (χ0v) is 10.6. The van der Waals surface area contributed by atoms with Crippen LogP contribution in [0.1, 0.15) is 23.9 Å². The van der Waals surface area contributed by atoms with Gasteiger partial charge in [-0.05, 0) is 13.3 Å². The summed E-state index contributed by atoms with van der Waals surface area (Å²) in [6.07, 6.45) is 1.35. The number of rotatable bonds is 3. The highest BCUT2D eigenvalue weighted by atomic mass is 32.1. The molecule has 0 amide bonds. The van der Waals surface area contributed by atoms with Gasteiger partial charge in [0, 0.05) is 13.1 Å². The number of aliphatic hydroxyl groups excluding tert-OH is 1. The van der Waals surface area contributed by atoms with E-state index in [2.05, 4.69) is 16.8 Å². The van der Waals surface area contributed by atoms with Crippen molar-refractivity contribution in [2.45, 2.75) is 33.0 Å². The van der Waals surface area contributed by atoms with Gasteiger partial charge >= 0.3 is 0 Å². The van der Waals surface area contributed by atoms with Crippen molar-refractivity contribution in [3.05, 3.63) is 10.6 Å². The number of ether oxygens (including phenoxy) is 1. The summed E-state index contributed by atoms with van der Waals surface area (Å²) in [5.74, 6) is 0. The topological polar surface area (TPSA) is 45.6 Å². The van der Waals surface area contributed by atoms with E-state index < -0.39 is 0 Å². The fourth-order valence-electron chi connectivity index (χ4n) is 1.83. The second kappa shape index (κ2) is 5.12. The lowest BCUT2D eigenvalue weighted by Gasteiger charge is -2.32. The summed E-state index contributed by atoms with van der Waals surface area (Å²) in [4.78, 5) is 7.73. The molecule has 2 rings (SSSR count). The second-order valence-corrected chi connectivity index (χ2v) is 5.07. The van der Waals surface area contributed by atoms with E-state index in [-0.39, 0.29) is 6.61 Å². The quantitative estimate of drug-likeness (QED) is 0.873. The largest absolute Gasteiger partial charge is 0.391 e. The molecule has 1 aliphatic rings. The Kier molecular flexibility index (Phi) is 3.78. The van der Waals surface area contributed by atoms with E-state index in [1.165, 1.54) is 0 Å². The maximum absolute atomic E-state index is 9.16. The van der Waals surface area contributed by atoms with Crippen LogP contribution in [0.15, 0.2) is 0 Å². The van der Waals surface area contributed by atoms with Crippen LogP contribution in [0.5, 0.6) is 0 Å². The lowest BCUT2D eigenvalue weighted by atomic mass is 10.2. The van der Waals surface area contributed by atoms with Gasteiger partial charge in [0.2, 0.25) is 0 Å². The first kappa shape index (κ1) is 11.8. The van der Waals surface area contributed by atoms with E-state index in [0.717, 1.165) is 41.8 Å². The van der Waals surface area contributed by atoms with Crippen LogP contribution in [0.4, 0.5) is 5.13 Å². The van der Waals surface area contributed by atoms with Crippen LogP contribution in [0, 0.1) is 6.92 Å². The molecule has 2 heterocycles. The minimum absolute atomic E-state index is 0.0883. The van der Waals surface area contributed by atoms with Gasteiger partial charge in [-0.1, -0.05) is 18.3 Å².